The highest BCUT2D eigenvalue weighted by Crippen LogP contribution is 2.36. The van der Waals surface area contributed by atoms with Crippen molar-refractivity contribution in [3.8, 4) is 0 Å². The van der Waals surface area contributed by atoms with Gasteiger partial charge in [-0.2, -0.15) is 0 Å². The smallest absolute Gasteiger partial charge is 0.0684 e. The fourth-order valence-electron chi connectivity index (χ4n) is 2.76. The molecule has 0 aliphatic heterocycles. The fourth-order valence-corrected chi connectivity index (χ4v) is 2.76. The molecular formula is C18H23N. The van der Waals surface area contributed by atoms with Crippen LogP contribution in [0.3, 0.4) is 0 Å². The monoisotopic (exact) mass is 253 g/mol. The molecule has 1 aromatic rings. The molecule has 100 valence electrons. The van der Waals surface area contributed by atoms with Gasteiger partial charge >= 0.3 is 0 Å². The molecule has 1 aliphatic rings. The topological polar surface area (TPSA) is 12.4 Å². The van der Waals surface area contributed by atoms with Crippen LogP contribution < -0.4 is 0 Å². The maximum Gasteiger partial charge on any atom is 0.0684 e. The van der Waals surface area contributed by atoms with E-state index in [9.17, 15) is 0 Å². The van der Waals surface area contributed by atoms with Crippen LogP contribution in [0.1, 0.15) is 38.8 Å². The van der Waals surface area contributed by atoms with E-state index in [2.05, 4.69) is 66.0 Å². The Bertz CT molecular complexity index is 556. The van der Waals surface area contributed by atoms with E-state index >= 15 is 0 Å². The molecular weight excluding hydrogens is 230 g/mol. The molecule has 0 spiro atoms. The molecule has 0 fully saturated rings. The molecule has 1 nitrogen and oxygen atoms in total. The van der Waals surface area contributed by atoms with E-state index in [-0.39, 0.29) is 0 Å². The highest BCUT2D eigenvalue weighted by Gasteiger charge is 2.22. The van der Waals surface area contributed by atoms with Crippen LogP contribution >= 0.6 is 0 Å². The van der Waals surface area contributed by atoms with Gasteiger partial charge in [0.15, 0.2) is 0 Å². The largest absolute Gasteiger partial charge is 0.260 e. The maximum absolute atomic E-state index is 4.76. The second-order valence-corrected chi connectivity index (χ2v) is 5.61. The third-order valence-electron chi connectivity index (χ3n) is 4.47. The van der Waals surface area contributed by atoms with Crippen LogP contribution in [0.2, 0.25) is 0 Å². The van der Waals surface area contributed by atoms with Gasteiger partial charge in [0.2, 0.25) is 0 Å². The number of nitrogens with zero attached hydrogens (tertiary/aromatic N) is 1. The number of aliphatic imine (C=N–C) groups is 1. The van der Waals surface area contributed by atoms with Crippen LogP contribution in [0, 0.1) is 19.8 Å². The lowest BCUT2D eigenvalue weighted by Crippen LogP contribution is -2.02. The lowest BCUT2D eigenvalue weighted by Gasteiger charge is -2.10. The van der Waals surface area contributed by atoms with Gasteiger partial charge in [-0.3, -0.25) is 4.99 Å². The summed E-state index contributed by atoms with van der Waals surface area (Å²) in [6.07, 6.45) is 2.11. The molecule has 0 aromatic heterocycles. The van der Waals surface area contributed by atoms with Gasteiger partial charge in [0.25, 0.3) is 0 Å². The molecule has 0 saturated heterocycles. The SMILES string of the molecule is CC1=C(C)C(C=Nc2c(C)cccc2C)C(C)=C1C. The minimum Gasteiger partial charge on any atom is -0.260 e. The molecule has 0 radical (unpaired) electrons. The highest BCUT2D eigenvalue weighted by molar-refractivity contribution is 5.77. The van der Waals surface area contributed by atoms with Crippen molar-refractivity contribution in [3.05, 3.63) is 51.6 Å². The Morgan fingerprint density at radius 3 is 1.79 bits per heavy atom. The van der Waals surface area contributed by atoms with Gasteiger partial charge in [-0.25, -0.2) is 0 Å². The summed E-state index contributed by atoms with van der Waals surface area (Å²) in [4.78, 5) is 4.76. The quantitative estimate of drug-likeness (QED) is 0.633. The Hall–Kier alpha value is -1.63. The zero-order valence-corrected chi connectivity index (χ0v) is 12.8. The number of hydrogen-bond donors (Lipinski definition) is 0. The summed E-state index contributed by atoms with van der Waals surface area (Å²) in [6.45, 7) is 13.1. The fraction of sp³-hybridized carbons (Fsp3) is 0.389. The number of hydrogen-bond acceptors (Lipinski definition) is 1. The van der Waals surface area contributed by atoms with Crippen molar-refractivity contribution in [2.45, 2.75) is 41.5 Å². The normalized spacial score (nSPS) is 17.2. The van der Waals surface area contributed by atoms with Crippen molar-refractivity contribution in [1.82, 2.24) is 0 Å². The number of benzene rings is 1. The molecule has 0 N–H and O–H groups in total. The molecule has 1 aromatic carbocycles. The Kier molecular flexibility index (Phi) is 3.75. The van der Waals surface area contributed by atoms with E-state index in [1.807, 2.05) is 0 Å². The van der Waals surface area contributed by atoms with Crippen LogP contribution in [-0.2, 0) is 0 Å². The Morgan fingerprint density at radius 2 is 1.32 bits per heavy atom. The predicted octanol–water partition coefficient (Wildman–Crippen LogP) is 5.31. The third-order valence-corrected chi connectivity index (χ3v) is 4.47. The summed E-state index contributed by atoms with van der Waals surface area (Å²) in [5, 5.41) is 0. The number of para-hydroxylation sites is 1. The molecule has 2 rings (SSSR count). The van der Waals surface area contributed by atoms with Crippen LogP contribution in [0.15, 0.2) is 45.5 Å². The second-order valence-electron chi connectivity index (χ2n) is 5.61. The summed E-state index contributed by atoms with van der Waals surface area (Å²) in [6, 6.07) is 6.33. The van der Waals surface area contributed by atoms with Crippen molar-refractivity contribution in [2.24, 2.45) is 10.9 Å². The van der Waals surface area contributed by atoms with Gasteiger partial charge in [-0.15, -0.1) is 0 Å². The van der Waals surface area contributed by atoms with Gasteiger partial charge in [-0.1, -0.05) is 29.3 Å². The van der Waals surface area contributed by atoms with Gasteiger partial charge < -0.3 is 0 Å². The zero-order valence-electron chi connectivity index (χ0n) is 12.8. The van der Waals surface area contributed by atoms with Gasteiger partial charge in [0, 0.05) is 12.1 Å². The molecule has 19 heavy (non-hydrogen) atoms. The molecule has 1 aliphatic carbocycles. The van der Waals surface area contributed by atoms with Crippen molar-refractivity contribution >= 4 is 11.9 Å². The Labute approximate surface area is 116 Å². The first-order chi connectivity index (χ1) is 8.93. The van der Waals surface area contributed by atoms with Gasteiger partial charge in [0.05, 0.1) is 5.69 Å². The van der Waals surface area contributed by atoms with Crippen molar-refractivity contribution in [1.29, 1.82) is 0 Å². The van der Waals surface area contributed by atoms with E-state index < -0.39 is 0 Å². The molecule has 0 amide bonds. The molecule has 1 heteroatoms. The Balaban J connectivity index is 2.35. The molecule has 0 saturated carbocycles. The van der Waals surface area contributed by atoms with Gasteiger partial charge in [0.1, 0.15) is 0 Å². The molecule has 0 unspecified atom stereocenters. The number of allylic oxidation sites excluding steroid dienone is 4. The summed E-state index contributed by atoms with van der Waals surface area (Å²) in [5.74, 6) is 0.374. The third kappa shape index (κ3) is 2.42. The highest BCUT2D eigenvalue weighted by atomic mass is 14.7. The number of aryl methyl sites for hydroxylation is 2. The standard InChI is InChI=1S/C18H23N/c1-11-8-7-9-12(2)18(11)19-10-17-15(5)13(3)14(4)16(17)6/h7-10,17H,1-6H3. The van der Waals surface area contributed by atoms with Crippen molar-refractivity contribution < 1.29 is 0 Å². The van der Waals surface area contributed by atoms with E-state index in [0.717, 1.165) is 5.69 Å². The summed E-state index contributed by atoms with van der Waals surface area (Å²) in [7, 11) is 0. The predicted molar refractivity (Wildman–Crippen MR) is 84.3 cm³/mol. The zero-order chi connectivity index (χ0) is 14.2. The summed E-state index contributed by atoms with van der Waals surface area (Å²) < 4.78 is 0. The minimum absolute atomic E-state index is 0.374. The molecule has 0 heterocycles. The Morgan fingerprint density at radius 1 is 0.842 bits per heavy atom. The van der Waals surface area contributed by atoms with Crippen LogP contribution in [0.25, 0.3) is 0 Å². The average molecular weight is 253 g/mol. The molecule has 0 bridgehead atoms. The maximum atomic E-state index is 4.76. The lowest BCUT2D eigenvalue weighted by atomic mass is 9.98. The first kappa shape index (κ1) is 13.8. The minimum atomic E-state index is 0.374. The van der Waals surface area contributed by atoms with E-state index in [1.165, 1.54) is 33.4 Å². The van der Waals surface area contributed by atoms with Crippen LogP contribution in [0.5, 0.6) is 0 Å². The number of rotatable bonds is 2. The van der Waals surface area contributed by atoms with E-state index in [4.69, 9.17) is 4.99 Å². The first-order valence-electron chi connectivity index (χ1n) is 6.89. The average Bonchev–Trinajstić information content (AvgIpc) is 2.55. The summed E-state index contributed by atoms with van der Waals surface area (Å²) in [5.41, 5.74) is 9.32. The van der Waals surface area contributed by atoms with E-state index in [1.54, 1.807) is 0 Å². The van der Waals surface area contributed by atoms with Crippen molar-refractivity contribution in [2.75, 3.05) is 0 Å². The first-order valence-corrected chi connectivity index (χ1v) is 6.89. The van der Waals surface area contributed by atoms with Gasteiger partial charge in [-0.05, 0) is 63.8 Å². The van der Waals surface area contributed by atoms with E-state index in [0.29, 0.717) is 5.92 Å². The van der Waals surface area contributed by atoms with Crippen molar-refractivity contribution in [3.63, 3.8) is 0 Å². The lowest BCUT2D eigenvalue weighted by molar-refractivity contribution is 0.979. The molecule has 0 atom stereocenters. The second kappa shape index (κ2) is 5.16. The van der Waals surface area contributed by atoms with Crippen LogP contribution in [-0.4, -0.2) is 6.21 Å². The summed E-state index contributed by atoms with van der Waals surface area (Å²) >= 11 is 0. The van der Waals surface area contributed by atoms with Crippen LogP contribution in [0.4, 0.5) is 5.69 Å².